The molecule has 0 saturated heterocycles. The van der Waals surface area contributed by atoms with Crippen LogP contribution >= 0.6 is 0 Å². The van der Waals surface area contributed by atoms with Gasteiger partial charge in [-0.25, -0.2) is 4.39 Å². The third-order valence-electron chi connectivity index (χ3n) is 2.16. The molecule has 1 aromatic heterocycles. The molecule has 0 saturated carbocycles. The Hall–Kier alpha value is -2.18. The molecule has 0 aliphatic carbocycles. The zero-order valence-corrected chi connectivity index (χ0v) is 8.66. The molecule has 0 atom stereocenters. The fourth-order valence-electron chi connectivity index (χ4n) is 1.28. The fourth-order valence-corrected chi connectivity index (χ4v) is 1.28. The average Bonchev–Trinajstić information content (AvgIpc) is 2.74. The number of nitrogens with zero attached hydrogens (tertiary/aromatic N) is 3. The predicted octanol–water partition coefficient (Wildman–Crippen LogP) is 0.842. The SMILES string of the molecule is Cc1cc(NCc2nn[nH]n2)c(N)cc1F. The van der Waals surface area contributed by atoms with Gasteiger partial charge < -0.3 is 11.1 Å². The minimum Gasteiger partial charge on any atom is -0.397 e. The van der Waals surface area contributed by atoms with E-state index in [-0.39, 0.29) is 5.82 Å². The van der Waals surface area contributed by atoms with Crippen molar-refractivity contribution < 1.29 is 4.39 Å². The Balaban J connectivity index is 2.12. The zero-order chi connectivity index (χ0) is 11.5. The highest BCUT2D eigenvalue weighted by atomic mass is 19.1. The van der Waals surface area contributed by atoms with Crippen LogP contribution in [0, 0.1) is 12.7 Å². The van der Waals surface area contributed by atoms with Gasteiger partial charge in [-0.05, 0) is 24.6 Å². The van der Waals surface area contributed by atoms with Crippen LogP contribution in [0.2, 0.25) is 0 Å². The van der Waals surface area contributed by atoms with Crippen LogP contribution in [0.25, 0.3) is 0 Å². The Kier molecular flexibility index (Phi) is 2.67. The minimum absolute atomic E-state index is 0.317. The summed E-state index contributed by atoms with van der Waals surface area (Å²) >= 11 is 0. The maximum atomic E-state index is 13.1. The van der Waals surface area contributed by atoms with E-state index in [1.54, 1.807) is 13.0 Å². The van der Waals surface area contributed by atoms with Crippen molar-refractivity contribution in [1.29, 1.82) is 0 Å². The van der Waals surface area contributed by atoms with Crippen molar-refractivity contribution >= 4 is 11.4 Å². The van der Waals surface area contributed by atoms with Crippen molar-refractivity contribution in [2.45, 2.75) is 13.5 Å². The van der Waals surface area contributed by atoms with E-state index in [0.717, 1.165) is 0 Å². The van der Waals surface area contributed by atoms with Gasteiger partial charge in [-0.1, -0.05) is 5.21 Å². The van der Waals surface area contributed by atoms with Crippen LogP contribution in [-0.4, -0.2) is 20.6 Å². The molecule has 2 rings (SSSR count). The van der Waals surface area contributed by atoms with E-state index >= 15 is 0 Å². The standard InChI is InChI=1S/C9H11FN6/c1-5-2-8(7(11)3-6(5)10)12-4-9-13-15-16-14-9/h2-3,12H,4,11H2,1H3,(H,13,14,15,16). The second-order valence-electron chi connectivity index (χ2n) is 3.37. The second-order valence-corrected chi connectivity index (χ2v) is 3.37. The summed E-state index contributed by atoms with van der Waals surface area (Å²) in [5.41, 5.74) is 7.20. The van der Waals surface area contributed by atoms with Gasteiger partial charge in [-0.2, -0.15) is 5.21 Å². The number of benzene rings is 1. The van der Waals surface area contributed by atoms with Crippen molar-refractivity contribution in [1.82, 2.24) is 20.6 Å². The number of hydrogen-bond donors (Lipinski definition) is 3. The Morgan fingerprint density at radius 3 is 3.00 bits per heavy atom. The molecule has 0 unspecified atom stereocenters. The Morgan fingerprint density at radius 2 is 2.31 bits per heavy atom. The molecule has 16 heavy (non-hydrogen) atoms. The van der Waals surface area contributed by atoms with E-state index in [1.165, 1.54) is 6.07 Å². The quantitative estimate of drug-likeness (QED) is 0.669. The van der Waals surface area contributed by atoms with Gasteiger partial charge in [0.1, 0.15) is 5.82 Å². The lowest BCUT2D eigenvalue weighted by atomic mass is 10.2. The molecular weight excluding hydrogens is 211 g/mol. The van der Waals surface area contributed by atoms with Gasteiger partial charge in [-0.3, -0.25) is 0 Å². The molecule has 4 N–H and O–H groups in total. The molecule has 6 nitrogen and oxygen atoms in total. The van der Waals surface area contributed by atoms with Crippen molar-refractivity contribution in [2.75, 3.05) is 11.1 Å². The summed E-state index contributed by atoms with van der Waals surface area (Å²) in [5.74, 6) is 0.198. The summed E-state index contributed by atoms with van der Waals surface area (Å²) in [6.45, 7) is 2.06. The van der Waals surface area contributed by atoms with E-state index < -0.39 is 0 Å². The number of anilines is 2. The Morgan fingerprint density at radius 1 is 1.50 bits per heavy atom. The van der Waals surface area contributed by atoms with Gasteiger partial charge in [0.2, 0.25) is 0 Å². The average molecular weight is 222 g/mol. The van der Waals surface area contributed by atoms with E-state index in [2.05, 4.69) is 25.9 Å². The lowest BCUT2D eigenvalue weighted by Gasteiger charge is -2.08. The molecule has 2 aromatic rings. The highest BCUT2D eigenvalue weighted by Crippen LogP contribution is 2.22. The molecule has 1 aromatic carbocycles. The lowest BCUT2D eigenvalue weighted by molar-refractivity contribution is 0.619. The van der Waals surface area contributed by atoms with Crippen LogP contribution in [0.3, 0.4) is 0 Å². The van der Waals surface area contributed by atoms with E-state index in [4.69, 9.17) is 5.73 Å². The summed E-state index contributed by atoms with van der Waals surface area (Å²) in [4.78, 5) is 0. The van der Waals surface area contributed by atoms with Crippen molar-refractivity contribution in [3.63, 3.8) is 0 Å². The number of halogens is 1. The molecule has 0 radical (unpaired) electrons. The van der Waals surface area contributed by atoms with Crippen LogP contribution in [0.1, 0.15) is 11.4 Å². The van der Waals surface area contributed by atoms with Crippen LogP contribution in [0.4, 0.5) is 15.8 Å². The minimum atomic E-state index is -0.317. The number of nitrogen functional groups attached to an aromatic ring is 1. The summed E-state index contributed by atoms with van der Waals surface area (Å²) in [6, 6.07) is 2.93. The first-order valence-corrected chi connectivity index (χ1v) is 4.68. The molecule has 0 fully saturated rings. The molecule has 1 heterocycles. The first kappa shape index (κ1) is 10.3. The van der Waals surface area contributed by atoms with Gasteiger partial charge >= 0.3 is 0 Å². The molecular formula is C9H11FN6. The van der Waals surface area contributed by atoms with Crippen molar-refractivity contribution in [2.24, 2.45) is 0 Å². The maximum Gasteiger partial charge on any atom is 0.193 e. The molecule has 0 amide bonds. The molecule has 7 heteroatoms. The number of tetrazole rings is 1. The highest BCUT2D eigenvalue weighted by molar-refractivity contribution is 5.67. The second kappa shape index (κ2) is 4.13. The fraction of sp³-hybridized carbons (Fsp3) is 0.222. The van der Waals surface area contributed by atoms with E-state index in [0.29, 0.717) is 29.3 Å². The van der Waals surface area contributed by atoms with Crippen molar-refractivity contribution in [3.05, 3.63) is 29.3 Å². The largest absolute Gasteiger partial charge is 0.397 e. The smallest absolute Gasteiger partial charge is 0.193 e. The number of rotatable bonds is 3. The normalized spacial score (nSPS) is 10.4. The zero-order valence-electron chi connectivity index (χ0n) is 8.66. The number of H-pyrrole nitrogens is 1. The van der Waals surface area contributed by atoms with E-state index in [1.807, 2.05) is 0 Å². The lowest BCUT2D eigenvalue weighted by Crippen LogP contribution is -2.05. The number of aromatic nitrogens is 4. The van der Waals surface area contributed by atoms with Gasteiger partial charge in [0.15, 0.2) is 5.82 Å². The highest BCUT2D eigenvalue weighted by Gasteiger charge is 2.05. The third kappa shape index (κ3) is 2.08. The Labute approximate surface area is 91.0 Å². The monoisotopic (exact) mass is 222 g/mol. The first-order valence-electron chi connectivity index (χ1n) is 4.68. The van der Waals surface area contributed by atoms with Crippen molar-refractivity contribution in [3.8, 4) is 0 Å². The number of hydrogen-bond acceptors (Lipinski definition) is 5. The van der Waals surface area contributed by atoms with Crippen LogP contribution in [0.5, 0.6) is 0 Å². The van der Waals surface area contributed by atoms with Crippen LogP contribution < -0.4 is 11.1 Å². The van der Waals surface area contributed by atoms with Gasteiger partial charge in [0.25, 0.3) is 0 Å². The van der Waals surface area contributed by atoms with E-state index in [9.17, 15) is 4.39 Å². The van der Waals surface area contributed by atoms with Gasteiger partial charge in [-0.15, -0.1) is 10.2 Å². The molecule has 0 spiro atoms. The summed E-state index contributed by atoms with van der Waals surface area (Å²) in [5, 5.41) is 16.3. The molecule has 0 bridgehead atoms. The Bertz CT molecular complexity index is 481. The topological polar surface area (TPSA) is 92.5 Å². The van der Waals surface area contributed by atoms with Crippen LogP contribution in [0.15, 0.2) is 12.1 Å². The number of aryl methyl sites for hydroxylation is 1. The molecule has 0 aliphatic rings. The summed E-state index contributed by atoms with van der Waals surface area (Å²) < 4.78 is 13.1. The maximum absolute atomic E-state index is 13.1. The summed E-state index contributed by atoms with van der Waals surface area (Å²) in [7, 11) is 0. The molecule has 0 aliphatic heterocycles. The number of nitrogens with one attached hydrogen (secondary N) is 2. The number of aromatic amines is 1. The first-order chi connectivity index (χ1) is 7.66. The van der Waals surface area contributed by atoms with Gasteiger partial charge in [0.05, 0.1) is 17.9 Å². The predicted molar refractivity (Wildman–Crippen MR) is 57.1 cm³/mol. The summed E-state index contributed by atoms with van der Waals surface area (Å²) in [6.07, 6.45) is 0. The van der Waals surface area contributed by atoms with Crippen LogP contribution in [-0.2, 0) is 6.54 Å². The number of nitrogens with two attached hydrogens (primary N) is 1. The third-order valence-corrected chi connectivity index (χ3v) is 2.16. The van der Waals surface area contributed by atoms with Gasteiger partial charge in [0, 0.05) is 0 Å². The molecule has 84 valence electrons.